The highest BCUT2D eigenvalue weighted by atomic mass is 79.9. The zero-order valence-corrected chi connectivity index (χ0v) is 12.3. The molecule has 0 aliphatic carbocycles. The zero-order valence-electron chi connectivity index (χ0n) is 9.90. The van der Waals surface area contributed by atoms with Gasteiger partial charge in [-0.15, -0.1) is 0 Å². The highest BCUT2D eigenvalue weighted by Crippen LogP contribution is 2.21. The van der Waals surface area contributed by atoms with E-state index in [2.05, 4.69) is 15.9 Å². The molecule has 0 unspecified atom stereocenters. The molecule has 0 heterocycles. The number of hydrogen-bond acceptors (Lipinski definition) is 2. The normalized spacial score (nSPS) is 10.2. The van der Waals surface area contributed by atoms with E-state index < -0.39 is 0 Å². The molecule has 0 aromatic heterocycles. The second kappa shape index (κ2) is 6.12. The highest BCUT2D eigenvalue weighted by Gasteiger charge is 2.02. The minimum atomic E-state index is -0.346. The van der Waals surface area contributed by atoms with Gasteiger partial charge in [-0.3, -0.25) is 0 Å². The van der Waals surface area contributed by atoms with E-state index in [9.17, 15) is 4.39 Å². The molecule has 0 radical (unpaired) electrons. The minimum absolute atomic E-state index is 0.346. The first-order valence-corrected chi connectivity index (χ1v) is 6.73. The second-order valence-corrected chi connectivity index (χ2v) is 5.22. The van der Waals surface area contributed by atoms with Gasteiger partial charge >= 0.3 is 0 Å². The van der Waals surface area contributed by atoms with Gasteiger partial charge in [0.2, 0.25) is 0 Å². The molecule has 0 amide bonds. The molecule has 0 spiro atoms. The first kappa shape index (κ1) is 14.0. The molecule has 0 aliphatic heterocycles. The Balaban J connectivity index is 2.01. The van der Waals surface area contributed by atoms with Crippen molar-refractivity contribution in [3.8, 4) is 5.75 Å². The smallest absolute Gasteiger partial charge is 0.141 e. The van der Waals surface area contributed by atoms with Gasteiger partial charge < -0.3 is 10.5 Å². The summed E-state index contributed by atoms with van der Waals surface area (Å²) >= 11 is 7.97. The standard InChI is InChI=1S/C14H11BrFNOS/c15-12-6-5-11(7-13(12)16)18-8-9-1-3-10(4-2-9)14(17)19/h1-7H,8H2,(H2,17,19). The fourth-order valence-corrected chi connectivity index (χ4v) is 1.88. The fourth-order valence-electron chi connectivity index (χ4n) is 1.50. The second-order valence-electron chi connectivity index (χ2n) is 3.93. The molecule has 2 N–H and O–H groups in total. The molecule has 0 atom stereocenters. The van der Waals surface area contributed by atoms with Crippen molar-refractivity contribution in [2.24, 2.45) is 5.73 Å². The Hall–Kier alpha value is -1.46. The maximum Gasteiger partial charge on any atom is 0.141 e. The van der Waals surface area contributed by atoms with Crippen LogP contribution in [0.5, 0.6) is 5.75 Å². The van der Waals surface area contributed by atoms with Crippen molar-refractivity contribution in [2.75, 3.05) is 0 Å². The summed E-state index contributed by atoms with van der Waals surface area (Å²) in [7, 11) is 0. The third-order valence-corrected chi connectivity index (χ3v) is 3.41. The average molecular weight is 340 g/mol. The van der Waals surface area contributed by atoms with Gasteiger partial charge in [0.25, 0.3) is 0 Å². The summed E-state index contributed by atoms with van der Waals surface area (Å²) in [6.07, 6.45) is 0. The van der Waals surface area contributed by atoms with Crippen LogP contribution in [0, 0.1) is 5.82 Å². The van der Waals surface area contributed by atoms with Crippen LogP contribution in [0.4, 0.5) is 4.39 Å². The van der Waals surface area contributed by atoms with Crippen LogP contribution in [0.15, 0.2) is 46.9 Å². The summed E-state index contributed by atoms with van der Waals surface area (Å²) in [6, 6.07) is 12.1. The molecule has 2 aromatic carbocycles. The molecule has 98 valence electrons. The van der Waals surface area contributed by atoms with Crippen molar-refractivity contribution >= 4 is 33.1 Å². The highest BCUT2D eigenvalue weighted by molar-refractivity contribution is 9.10. The third kappa shape index (κ3) is 3.75. The van der Waals surface area contributed by atoms with E-state index in [1.54, 1.807) is 12.1 Å². The van der Waals surface area contributed by atoms with Crippen LogP contribution in [-0.2, 0) is 6.61 Å². The van der Waals surface area contributed by atoms with Crippen molar-refractivity contribution < 1.29 is 9.13 Å². The topological polar surface area (TPSA) is 35.2 Å². The molecule has 0 saturated heterocycles. The quantitative estimate of drug-likeness (QED) is 0.860. The van der Waals surface area contributed by atoms with Crippen LogP contribution >= 0.6 is 28.1 Å². The Labute approximate surface area is 124 Å². The van der Waals surface area contributed by atoms with Gasteiger partial charge in [0, 0.05) is 11.6 Å². The molecule has 0 fully saturated rings. The summed E-state index contributed by atoms with van der Waals surface area (Å²) in [5.41, 5.74) is 7.29. The van der Waals surface area contributed by atoms with E-state index >= 15 is 0 Å². The number of ether oxygens (including phenoxy) is 1. The molecule has 0 aliphatic rings. The third-order valence-electron chi connectivity index (χ3n) is 2.54. The number of halogens is 2. The monoisotopic (exact) mass is 339 g/mol. The van der Waals surface area contributed by atoms with E-state index in [1.165, 1.54) is 6.07 Å². The number of nitrogens with two attached hydrogens (primary N) is 1. The lowest BCUT2D eigenvalue weighted by molar-refractivity contribution is 0.304. The fraction of sp³-hybridized carbons (Fsp3) is 0.0714. The molecule has 2 rings (SSSR count). The van der Waals surface area contributed by atoms with Crippen molar-refractivity contribution in [1.82, 2.24) is 0 Å². The molecule has 19 heavy (non-hydrogen) atoms. The largest absolute Gasteiger partial charge is 0.489 e. The summed E-state index contributed by atoms with van der Waals surface area (Å²) < 4.78 is 19.2. The molecule has 0 bridgehead atoms. The Morgan fingerprint density at radius 3 is 2.47 bits per heavy atom. The van der Waals surface area contributed by atoms with E-state index in [0.717, 1.165) is 11.1 Å². The van der Waals surface area contributed by atoms with Gasteiger partial charge in [0.15, 0.2) is 0 Å². The summed E-state index contributed by atoms with van der Waals surface area (Å²) in [4.78, 5) is 0.363. The van der Waals surface area contributed by atoms with Crippen molar-refractivity contribution in [3.05, 3.63) is 63.9 Å². The van der Waals surface area contributed by atoms with Crippen LogP contribution in [0.2, 0.25) is 0 Å². The maximum absolute atomic E-state index is 13.3. The van der Waals surface area contributed by atoms with Crippen LogP contribution in [-0.4, -0.2) is 4.99 Å². The number of thiocarbonyl (C=S) groups is 1. The van der Waals surface area contributed by atoms with Crippen LogP contribution in [0.25, 0.3) is 0 Å². The van der Waals surface area contributed by atoms with E-state index in [-0.39, 0.29) is 5.82 Å². The van der Waals surface area contributed by atoms with Gasteiger partial charge in [0.1, 0.15) is 23.2 Å². The van der Waals surface area contributed by atoms with Crippen molar-refractivity contribution in [2.45, 2.75) is 6.61 Å². The number of rotatable bonds is 4. The molecular weight excluding hydrogens is 329 g/mol. The van der Waals surface area contributed by atoms with Gasteiger partial charge in [-0.25, -0.2) is 4.39 Å². The van der Waals surface area contributed by atoms with E-state index in [1.807, 2.05) is 24.3 Å². The number of hydrogen-bond donors (Lipinski definition) is 1. The molecule has 5 heteroatoms. The molecule has 2 nitrogen and oxygen atoms in total. The lowest BCUT2D eigenvalue weighted by Crippen LogP contribution is -2.09. The van der Waals surface area contributed by atoms with Gasteiger partial charge in [-0.05, 0) is 33.6 Å². The summed E-state index contributed by atoms with van der Waals surface area (Å²) in [5, 5.41) is 0. The molecule has 2 aromatic rings. The average Bonchev–Trinajstić information content (AvgIpc) is 2.40. The van der Waals surface area contributed by atoms with Crippen LogP contribution in [0.3, 0.4) is 0 Å². The predicted molar refractivity (Wildman–Crippen MR) is 80.8 cm³/mol. The van der Waals surface area contributed by atoms with Crippen molar-refractivity contribution in [3.63, 3.8) is 0 Å². The van der Waals surface area contributed by atoms with E-state index in [0.29, 0.717) is 21.8 Å². The van der Waals surface area contributed by atoms with Gasteiger partial charge in [0.05, 0.1) is 4.47 Å². The van der Waals surface area contributed by atoms with Crippen LogP contribution < -0.4 is 10.5 Å². The Morgan fingerprint density at radius 2 is 1.89 bits per heavy atom. The maximum atomic E-state index is 13.3. The lowest BCUT2D eigenvalue weighted by Gasteiger charge is -2.07. The first-order chi connectivity index (χ1) is 9.06. The Morgan fingerprint density at radius 1 is 1.21 bits per heavy atom. The molecular formula is C14H11BrFNOS. The lowest BCUT2D eigenvalue weighted by atomic mass is 10.1. The SMILES string of the molecule is NC(=S)c1ccc(COc2ccc(Br)c(F)c2)cc1. The van der Waals surface area contributed by atoms with Gasteiger partial charge in [-0.2, -0.15) is 0 Å². The Kier molecular flexibility index (Phi) is 4.50. The first-order valence-electron chi connectivity index (χ1n) is 5.53. The summed E-state index contributed by atoms with van der Waals surface area (Å²) in [5.74, 6) is 0.139. The van der Waals surface area contributed by atoms with Gasteiger partial charge in [-0.1, -0.05) is 36.5 Å². The minimum Gasteiger partial charge on any atom is -0.489 e. The van der Waals surface area contributed by atoms with Crippen molar-refractivity contribution in [1.29, 1.82) is 0 Å². The van der Waals surface area contributed by atoms with Crippen LogP contribution in [0.1, 0.15) is 11.1 Å². The zero-order chi connectivity index (χ0) is 13.8. The predicted octanol–water partition coefficient (Wildman–Crippen LogP) is 3.80. The molecule has 0 saturated carbocycles. The Bertz CT molecular complexity index is 601. The number of benzene rings is 2. The van der Waals surface area contributed by atoms with E-state index in [4.69, 9.17) is 22.7 Å². The summed E-state index contributed by atoms with van der Waals surface area (Å²) in [6.45, 7) is 0.360.